The number of nitrogens with zero attached hydrogens (tertiary/aromatic N) is 1. The molecule has 0 heterocycles. The molecule has 0 fully saturated rings. The van der Waals surface area contributed by atoms with Crippen molar-refractivity contribution in [2.45, 2.75) is 13.0 Å². The van der Waals surface area contributed by atoms with Gasteiger partial charge in [0.2, 0.25) is 0 Å². The molecule has 0 aliphatic rings. The summed E-state index contributed by atoms with van der Waals surface area (Å²) in [6, 6.07) is 0. The van der Waals surface area contributed by atoms with Crippen LogP contribution >= 0.6 is 0 Å². The SMILES string of the molecule is CCOCC(O)CN(C)S(=O)(=O)O. The molecule has 0 amide bonds. The van der Waals surface area contributed by atoms with Crippen LogP contribution in [0.1, 0.15) is 6.92 Å². The van der Waals surface area contributed by atoms with Crippen molar-refractivity contribution in [3.63, 3.8) is 0 Å². The first-order chi connectivity index (χ1) is 5.88. The van der Waals surface area contributed by atoms with Gasteiger partial charge >= 0.3 is 10.3 Å². The Kier molecular flexibility index (Phi) is 5.42. The number of hydrogen-bond acceptors (Lipinski definition) is 4. The molecule has 2 N–H and O–H groups in total. The molecule has 0 saturated carbocycles. The van der Waals surface area contributed by atoms with Gasteiger partial charge in [0.1, 0.15) is 0 Å². The van der Waals surface area contributed by atoms with Crippen LogP contribution in [-0.4, -0.2) is 55.3 Å². The minimum absolute atomic E-state index is 0.0519. The third kappa shape index (κ3) is 5.94. The number of hydrogen-bond donors (Lipinski definition) is 2. The summed E-state index contributed by atoms with van der Waals surface area (Å²) in [5.41, 5.74) is 0. The van der Waals surface area contributed by atoms with Crippen molar-refractivity contribution in [3.05, 3.63) is 0 Å². The topological polar surface area (TPSA) is 87.1 Å². The van der Waals surface area contributed by atoms with E-state index in [-0.39, 0.29) is 13.2 Å². The molecule has 0 radical (unpaired) electrons. The summed E-state index contributed by atoms with van der Waals surface area (Å²) in [5.74, 6) is 0. The Morgan fingerprint density at radius 1 is 1.54 bits per heavy atom. The average Bonchev–Trinajstić information content (AvgIpc) is 1.99. The van der Waals surface area contributed by atoms with Crippen LogP contribution in [0.15, 0.2) is 0 Å². The lowest BCUT2D eigenvalue weighted by Gasteiger charge is -2.16. The molecule has 0 rings (SSSR count). The van der Waals surface area contributed by atoms with Gasteiger partial charge in [0.05, 0.1) is 12.7 Å². The molecular weight excluding hydrogens is 198 g/mol. The third-order valence-corrected chi connectivity index (χ3v) is 2.31. The Hall–Kier alpha value is -0.210. The van der Waals surface area contributed by atoms with Crippen molar-refractivity contribution in [2.24, 2.45) is 0 Å². The molecule has 0 saturated heterocycles. The van der Waals surface area contributed by atoms with Gasteiger partial charge in [-0.15, -0.1) is 0 Å². The lowest BCUT2D eigenvalue weighted by Crippen LogP contribution is -2.35. The molecule has 0 aromatic carbocycles. The fourth-order valence-electron chi connectivity index (χ4n) is 0.698. The molecule has 6 nitrogen and oxygen atoms in total. The first kappa shape index (κ1) is 12.8. The molecule has 1 atom stereocenters. The van der Waals surface area contributed by atoms with Crippen molar-refractivity contribution in [3.8, 4) is 0 Å². The van der Waals surface area contributed by atoms with Crippen LogP contribution in [0.3, 0.4) is 0 Å². The highest BCUT2D eigenvalue weighted by Gasteiger charge is 2.17. The Balaban J connectivity index is 3.85. The van der Waals surface area contributed by atoms with Crippen molar-refractivity contribution < 1.29 is 22.8 Å². The molecule has 13 heavy (non-hydrogen) atoms. The van der Waals surface area contributed by atoms with E-state index in [2.05, 4.69) is 0 Å². The summed E-state index contributed by atoms with van der Waals surface area (Å²) in [5, 5.41) is 9.17. The minimum atomic E-state index is -4.21. The summed E-state index contributed by atoms with van der Waals surface area (Å²) in [7, 11) is -3.03. The predicted molar refractivity (Wildman–Crippen MR) is 46.7 cm³/mol. The second-order valence-corrected chi connectivity index (χ2v) is 4.09. The van der Waals surface area contributed by atoms with E-state index in [9.17, 15) is 13.5 Å². The van der Waals surface area contributed by atoms with Gasteiger partial charge in [-0.3, -0.25) is 4.55 Å². The largest absolute Gasteiger partial charge is 0.389 e. The third-order valence-electron chi connectivity index (χ3n) is 1.38. The molecule has 0 aliphatic heterocycles. The normalized spacial score (nSPS) is 14.8. The summed E-state index contributed by atoms with van der Waals surface area (Å²) in [6.07, 6.45) is -0.924. The van der Waals surface area contributed by atoms with Gasteiger partial charge in [-0.25, -0.2) is 0 Å². The number of aliphatic hydroxyl groups is 1. The van der Waals surface area contributed by atoms with E-state index < -0.39 is 16.4 Å². The van der Waals surface area contributed by atoms with Crippen LogP contribution in [0, 0.1) is 0 Å². The first-order valence-electron chi connectivity index (χ1n) is 3.82. The number of aliphatic hydroxyl groups excluding tert-OH is 1. The highest BCUT2D eigenvalue weighted by Crippen LogP contribution is 1.95. The zero-order chi connectivity index (χ0) is 10.5. The monoisotopic (exact) mass is 213 g/mol. The predicted octanol–water partition coefficient (Wildman–Crippen LogP) is -0.882. The van der Waals surface area contributed by atoms with Crippen molar-refractivity contribution >= 4 is 10.3 Å². The van der Waals surface area contributed by atoms with Crippen LogP contribution in [-0.2, 0) is 15.0 Å². The van der Waals surface area contributed by atoms with E-state index in [0.717, 1.165) is 0 Å². The van der Waals surface area contributed by atoms with E-state index in [4.69, 9.17) is 9.29 Å². The fraction of sp³-hybridized carbons (Fsp3) is 1.00. The van der Waals surface area contributed by atoms with Crippen molar-refractivity contribution in [1.29, 1.82) is 0 Å². The van der Waals surface area contributed by atoms with Crippen LogP contribution in [0.4, 0.5) is 0 Å². The van der Waals surface area contributed by atoms with E-state index in [0.29, 0.717) is 10.9 Å². The van der Waals surface area contributed by atoms with E-state index in [1.54, 1.807) is 6.92 Å². The van der Waals surface area contributed by atoms with Crippen LogP contribution in [0.2, 0.25) is 0 Å². The maximum absolute atomic E-state index is 10.5. The molecule has 1 unspecified atom stereocenters. The maximum atomic E-state index is 10.5. The zero-order valence-corrected chi connectivity index (χ0v) is 8.49. The maximum Gasteiger partial charge on any atom is 0.335 e. The molecular formula is C6H15NO5S. The quantitative estimate of drug-likeness (QED) is 0.559. The van der Waals surface area contributed by atoms with Gasteiger partial charge < -0.3 is 9.84 Å². The van der Waals surface area contributed by atoms with Gasteiger partial charge in [0, 0.05) is 20.2 Å². The molecule has 0 aromatic rings. The Bertz CT molecular complexity index is 227. The summed E-state index contributed by atoms with van der Waals surface area (Å²) >= 11 is 0. The lowest BCUT2D eigenvalue weighted by molar-refractivity contribution is 0.0345. The second kappa shape index (κ2) is 5.51. The van der Waals surface area contributed by atoms with E-state index in [1.165, 1.54) is 7.05 Å². The van der Waals surface area contributed by atoms with Gasteiger partial charge in [0.15, 0.2) is 0 Å². The number of ether oxygens (including phenoxy) is 1. The van der Waals surface area contributed by atoms with Gasteiger partial charge in [-0.05, 0) is 6.92 Å². The number of rotatable bonds is 6. The van der Waals surface area contributed by atoms with Crippen LogP contribution in [0.25, 0.3) is 0 Å². The smallest absolute Gasteiger partial charge is 0.335 e. The minimum Gasteiger partial charge on any atom is -0.389 e. The summed E-state index contributed by atoms with van der Waals surface area (Å²) in [4.78, 5) is 0. The molecule has 0 bridgehead atoms. The average molecular weight is 213 g/mol. The fourth-order valence-corrected chi connectivity index (χ4v) is 1.06. The van der Waals surface area contributed by atoms with Crippen LogP contribution < -0.4 is 0 Å². The van der Waals surface area contributed by atoms with Crippen molar-refractivity contribution in [2.75, 3.05) is 26.8 Å². The first-order valence-corrected chi connectivity index (χ1v) is 5.22. The summed E-state index contributed by atoms with van der Waals surface area (Å²) < 4.78 is 35.0. The van der Waals surface area contributed by atoms with Crippen LogP contribution in [0.5, 0.6) is 0 Å². The lowest BCUT2D eigenvalue weighted by atomic mass is 10.4. The van der Waals surface area contributed by atoms with Gasteiger partial charge in [0.25, 0.3) is 0 Å². The highest BCUT2D eigenvalue weighted by atomic mass is 32.2. The zero-order valence-electron chi connectivity index (χ0n) is 7.67. The Morgan fingerprint density at radius 2 is 2.08 bits per heavy atom. The molecule has 0 aromatic heterocycles. The second-order valence-electron chi connectivity index (χ2n) is 2.57. The Morgan fingerprint density at radius 3 is 2.46 bits per heavy atom. The molecule has 0 spiro atoms. The molecule has 0 aliphatic carbocycles. The van der Waals surface area contributed by atoms with E-state index >= 15 is 0 Å². The summed E-state index contributed by atoms with van der Waals surface area (Å²) in [6.45, 7) is 2.08. The standard InChI is InChI=1S/C6H15NO5S/c1-3-12-5-6(8)4-7(2)13(9,10)11/h6,8H,3-5H2,1-2H3,(H,9,10,11). The van der Waals surface area contributed by atoms with Crippen molar-refractivity contribution in [1.82, 2.24) is 4.31 Å². The van der Waals surface area contributed by atoms with Gasteiger partial charge in [-0.1, -0.05) is 0 Å². The van der Waals surface area contributed by atoms with E-state index in [1.807, 2.05) is 0 Å². The highest BCUT2D eigenvalue weighted by molar-refractivity contribution is 7.83. The number of likely N-dealkylation sites (N-methyl/N-ethyl adjacent to an activating group) is 1. The van der Waals surface area contributed by atoms with Gasteiger partial charge in [-0.2, -0.15) is 12.7 Å². The molecule has 80 valence electrons. The Labute approximate surface area is 78.0 Å². The molecule has 7 heteroatoms.